The molecule has 1 aromatic carbocycles. The fraction of sp³-hybridized carbons (Fsp3) is 0.400. The number of anilines is 2. The van der Waals surface area contributed by atoms with Crippen LogP contribution in [0.2, 0.25) is 0 Å². The molecule has 3 heterocycles. The Morgan fingerprint density at radius 1 is 1.27 bits per heavy atom. The summed E-state index contributed by atoms with van der Waals surface area (Å²) < 4.78 is 3.36. The zero-order valence-electron chi connectivity index (χ0n) is 17.0. The Balaban J connectivity index is 1.83. The molecule has 1 aliphatic heterocycles. The molecule has 0 radical (unpaired) electrons. The van der Waals surface area contributed by atoms with Crippen molar-refractivity contribution in [2.24, 2.45) is 7.05 Å². The highest BCUT2D eigenvalue weighted by Gasteiger charge is 2.27. The van der Waals surface area contributed by atoms with Gasteiger partial charge in [-0.2, -0.15) is 9.97 Å². The maximum atomic E-state index is 13.1. The Hall–Kier alpha value is -3.56. The van der Waals surface area contributed by atoms with E-state index in [1.807, 2.05) is 39.8 Å². The van der Waals surface area contributed by atoms with Crippen molar-refractivity contribution < 1.29 is 9.90 Å². The Bertz CT molecular complexity index is 1120. The average Bonchev–Trinajstić information content (AvgIpc) is 3.09. The Morgan fingerprint density at radius 3 is 2.73 bits per heavy atom. The second-order valence-electron chi connectivity index (χ2n) is 7.44. The number of hydrogen-bond donors (Lipinski definition) is 3. The SMILES string of the molecule is CNc1nc2nc(N3CCCC(NC(=O)O)C3)n(Cc3ccccc3)c2c(=O)n1C. The smallest absolute Gasteiger partial charge is 0.404 e. The predicted octanol–water partition coefficient (Wildman–Crippen LogP) is 1.46. The number of rotatable bonds is 5. The summed E-state index contributed by atoms with van der Waals surface area (Å²) in [6.07, 6.45) is 0.562. The molecule has 1 saturated heterocycles. The van der Waals surface area contributed by atoms with E-state index in [0.29, 0.717) is 36.2 Å². The maximum absolute atomic E-state index is 13.1. The molecule has 10 heteroatoms. The molecule has 0 spiro atoms. The van der Waals surface area contributed by atoms with Crippen LogP contribution in [0.4, 0.5) is 16.7 Å². The molecule has 158 valence electrons. The zero-order valence-corrected chi connectivity index (χ0v) is 17.0. The van der Waals surface area contributed by atoms with Crippen LogP contribution in [0.5, 0.6) is 0 Å². The van der Waals surface area contributed by atoms with Gasteiger partial charge in [0.1, 0.15) is 0 Å². The molecule has 0 saturated carbocycles. The lowest BCUT2D eigenvalue weighted by Crippen LogP contribution is -2.48. The van der Waals surface area contributed by atoms with Gasteiger partial charge >= 0.3 is 6.09 Å². The second-order valence-corrected chi connectivity index (χ2v) is 7.44. The lowest BCUT2D eigenvalue weighted by atomic mass is 10.1. The van der Waals surface area contributed by atoms with Gasteiger partial charge in [0, 0.05) is 33.2 Å². The van der Waals surface area contributed by atoms with E-state index in [9.17, 15) is 9.59 Å². The molecule has 3 aromatic rings. The minimum absolute atomic E-state index is 0.184. The summed E-state index contributed by atoms with van der Waals surface area (Å²) in [5.74, 6) is 1.07. The number of nitrogens with one attached hydrogen (secondary N) is 2. The van der Waals surface area contributed by atoms with Crippen molar-refractivity contribution in [3.8, 4) is 0 Å². The van der Waals surface area contributed by atoms with Gasteiger partial charge in [0.15, 0.2) is 11.2 Å². The van der Waals surface area contributed by atoms with Crippen LogP contribution in [0.3, 0.4) is 0 Å². The van der Waals surface area contributed by atoms with Gasteiger partial charge < -0.3 is 20.6 Å². The number of benzene rings is 1. The first-order chi connectivity index (χ1) is 14.5. The molecular weight excluding hydrogens is 386 g/mol. The van der Waals surface area contributed by atoms with Crippen LogP contribution >= 0.6 is 0 Å². The lowest BCUT2D eigenvalue weighted by molar-refractivity contribution is 0.188. The molecule has 1 unspecified atom stereocenters. The maximum Gasteiger partial charge on any atom is 0.404 e. The molecular formula is C20H25N7O3. The number of piperidine rings is 1. The van der Waals surface area contributed by atoms with Crippen LogP contribution < -0.4 is 21.1 Å². The molecule has 30 heavy (non-hydrogen) atoms. The number of carbonyl (C=O) groups is 1. The molecule has 1 fully saturated rings. The number of nitrogens with zero attached hydrogens (tertiary/aromatic N) is 5. The third kappa shape index (κ3) is 3.68. The van der Waals surface area contributed by atoms with Crippen molar-refractivity contribution in [2.75, 3.05) is 30.4 Å². The van der Waals surface area contributed by atoms with E-state index in [4.69, 9.17) is 10.1 Å². The number of fused-ring (bicyclic) bond motifs is 1. The largest absolute Gasteiger partial charge is 0.465 e. The summed E-state index contributed by atoms with van der Waals surface area (Å²) in [4.78, 5) is 35.5. The van der Waals surface area contributed by atoms with Gasteiger partial charge in [0.05, 0.1) is 6.54 Å². The van der Waals surface area contributed by atoms with Crippen molar-refractivity contribution in [3.63, 3.8) is 0 Å². The average molecular weight is 411 g/mol. The molecule has 4 rings (SSSR count). The number of hydrogen-bond acceptors (Lipinski definition) is 6. The third-order valence-electron chi connectivity index (χ3n) is 5.40. The summed E-state index contributed by atoms with van der Waals surface area (Å²) in [6, 6.07) is 9.67. The van der Waals surface area contributed by atoms with Gasteiger partial charge in [-0.05, 0) is 18.4 Å². The van der Waals surface area contributed by atoms with Crippen LogP contribution in [0.25, 0.3) is 11.2 Å². The van der Waals surface area contributed by atoms with Crippen molar-refractivity contribution in [2.45, 2.75) is 25.4 Å². The first-order valence-electron chi connectivity index (χ1n) is 9.91. The topological polar surface area (TPSA) is 117 Å². The normalized spacial score (nSPS) is 16.6. The van der Waals surface area contributed by atoms with Gasteiger partial charge in [-0.25, -0.2) is 4.79 Å². The number of imidazole rings is 1. The Morgan fingerprint density at radius 2 is 2.03 bits per heavy atom. The van der Waals surface area contributed by atoms with Gasteiger partial charge in [-0.3, -0.25) is 13.9 Å². The zero-order chi connectivity index (χ0) is 21.3. The highest BCUT2D eigenvalue weighted by Crippen LogP contribution is 2.25. The molecule has 2 aromatic heterocycles. The molecule has 1 amide bonds. The van der Waals surface area contributed by atoms with E-state index >= 15 is 0 Å². The van der Waals surface area contributed by atoms with E-state index < -0.39 is 6.09 Å². The summed E-state index contributed by atoms with van der Waals surface area (Å²) in [5.41, 5.74) is 1.66. The van der Waals surface area contributed by atoms with E-state index in [2.05, 4.69) is 15.6 Å². The quantitative estimate of drug-likeness (QED) is 0.582. The van der Waals surface area contributed by atoms with Crippen LogP contribution in [0, 0.1) is 0 Å². The first-order valence-corrected chi connectivity index (χ1v) is 9.91. The standard InChI is InChI=1S/C20H25N7O3/c1-21-18-23-16-15(17(28)25(18)2)27(11-13-7-4-3-5-8-13)19(24-16)26-10-6-9-14(12-26)22-20(29)30/h3-5,7-8,14,22H,6,9-12H2,1-2H3,(H,21,23)(H,29,30). The molecule has 3 N–H and O–H groups in total. The minimum atomic E-state index is -1.03. The summed E-state index contributed by atoms with van der Waals surface area (Å²) in [5, 5.41) is 14.6. The highest BCUT2D eigenvalue weighted by atomic mass is 16.4. The van der Waals surface area contributed by atoms with Gasteiger partial charge in [-0.15, -0.1) is 0 Å². The van der Waals surface area contributed by atoms with Crippen molar-refractivity contribution in [3.05, 3.63) is 46.2 Å². The molecule has 1 aliphatic rings. The monoisotopic (exact) mass is 411 g/mol. The van der Waals surface area contributed by atoms with Gasteiger partial charge in [0.25, 0.3) is 5.56 Å². The van der Waals surface area contributed by atoms with Crippen LogP contribution in [0.1, 0.15) is 18.4 Å². The molecule has 0 bridgehead atoms. The minimum Gasteiger partial charge on any atom is -0.465 e. The fourth-order valence-corrected chi connectivity index (χ4v) is 3.98. The van der Waals surface area contributed by atoms with E-state index in [-0.39, 0.29) is 11.6 Å². The van der Waals surface area contributed by atoms with Crippen molar-refractivity contribution in [1.82, 2.24) is 24.4 Å². The van der Waals surface area contributed by atoms with Gasteiger partial charge in [0.2, 0.25) is 11.9 Å². The number of aromatic nitrogens is 4. The molecule has 0 aliphatic carbocycles. The summed E-state index contributed by atoms with van der Waals surface area (Å²) in [6.45, 7) is 1.69. The van der Waals surface area contributed by atoms with Crippen LogP contribution in [-0.2, 0) is 13.6 Å². The summed E-state index contributed by atoms with van der Waals surface area (Å²) >= 11 is 0. The predicted molar refractivity (Wildman–Crippen MR) is 114 cm³/mol. The molecule has 10 nitrogen and oxygen atoms in total. The molecule has 1 atom stereocenters. The first kappa shape index (κ1) is 19.7. The third-order valence-corrected chi connectivity index (χ3v) is 5.40. The van der Waals surface area contributed by atoms with E-state index in [1.54, 1.807) is 14.1 Å². The van der Waals surface area contributed by atoms with Crippen LogP contribution in [0.15, 0.2) is 35.1 Å². The summed E-state index contributed by atoms with van der Waals surface area (Å²) in [7, 11) is 3.39. The highest BCUT2D eigenvalue weighted by molar-refractivity contribution is 5.76. The lowest BCUT2D eigenvalue weighted by Gasteiger charge is -2.33. The second kappa shape index (κ2) is 8.05. The van der Waals surface area contributed by atoms with Crippen molar-refractivity contribution >= 4 is 29.2 Å². The fourth-order valence-electron chi connectivity index (χ4n) is 3.98. The van der Waals surface area contributed by atoms with Crippen molar-refractivity contribution in [1.29, 1.82) is 0 Å². The number of carboxylic acid groups (broad SMARTS) is 1. The van der Waals surface area contributed by atoms with Gasteiger partial charge in [-0.1, -0.05) is 30.3 Å². The number of amides is 1. The Labute approximate surface area is 173 Å². The van der Waals surface area contributed by atoms with E-state index in [0.717, 1.165) is 24.9 Å². The van der Waals surface area contributed by atoms with E-state index in [1.165, 1.54) is 4.57 Å². The van der Waals surface area contributed by atoms with Crippen LogP contribution in [-0.4, -0.2) is 56.5 Å². The Kier molecular flexibility index (Phi) is 5.30.